The van der Waals surface area contributed by atoms with E-state index in [2.05, 4.69) is 26.2 Å². The monoisotopic (exact) mass is 505 g/mol. The molecule has 1 unspecified atom stereocenters. The number of ether oxygens (including phenoxy) is 2. The van der Waals surface area contributed by atoms with Crippen molar-refractivity contribution in [3.05, 3.63) is 64.9 Å². The van der Waals surface area contributed by atoms with E-state index in [1.54, 1.807) is 21.7 Å². The maximum absolute atomic E-state index is 13.5. The third-order valence-corrected chi connectivity index (χ3v) is 6.21. The molecule has 2 heterocycles. The van der Waals surface area contributed by atoms with Gasteiger partial charge in [-0.1, -0.05) is 23.3 Å². The van der Waals surface area contributed by atoms with Crippen LogP contribution in [0.15, 0.2) is 53.7 Å². The zero-order valence-corrected chi connectivity index (χ0v) is 21.6. The topological polar surface area (TPSA) is 124 Å². The van der Waals surface area contributed by atoms with Gasteiger partial charge in [0.15, 0.2) is 18.1 Å². The third kappa shape index (κ3) is 5.40. The average molecular weight is 506 g/mol. The van der Waals surface area contributed by atoms with Gasteiger partial charge in [0.2, 0.25) is 5.95 Å². The highest BCUT2D eigenvalue weighted by Gasteiger charge is 2.34. The van der Waals surface area contributed by atoms with E-state index in [-0.39, 0.29) is 18.4 Å². The molecule has 11 nitrogen and oxygen atoms in total. The molecule has 0 saturated carbocycles. The summed E-state index contributed by atoms with van der Waals surface area (Å²) in [5.41, 5.74) is 3.51. The second-order valence-electron chi connectivity index (χ2n) is 8.60. The maximum Gasteiger partial charge on any atom is 0.260 e. The zero-order chi connectivity index (χ0) is 26.5. The first kappa shape index (κ1) is 25.7. The van der Waals surface area contributed by atoms with Crippen molar-refractivity contribution in [2.45, 2.75) is 33.7 Å². The number of tetrazole rings is 1. The summed E-state index contributed by atoms with van der Waals surface area (Å²) < 4.78 is 12.9. The predicted molar refractivity (Wildman–Crippen MR) is 139 cm³/mol. The van der Waals surface area contributed by atoms with E-state index in [0.29, 0.717) is 53.1 Å². The van der Waals surface area contributed by atoms with E-state index in [9.17, 15) is 9.59 Å². The molecule has 0 bridgehead atoms. The quantitative estimate of drug-likeness (QED) is 0.455. The number of hydrogen-bond donors (Lipinski definition) is 2. The number of allylic oxidation sites excluding steroid dienone is 1. The largest absolute Gasteiger partial charge is 0.493 e. The molecule has 11 heteroatoms. The van der Waals surface area contributed by atoms with Gasteiger partial charge in [-0.05, 0) is 73.5 Å². The van der Waals surface area contributed by atoms with Crippen molar-refractivity contribution >= 4 is 23.5 Å². The van der Waals surface area contributed by atoms with Crippen LogP contribution >= 0.6 is 0 Å². The van der Waals surface area contributed by atoms with Crippen LogP contribution in [0.2, 0.25) is 0 Å². The number of amides is 2. The Hall–Kier alpha value is -4.41. The molecule has 0 fully saturated rings. The van der Waals surface area contributed by atoms with E-state index in [1.807, 2.05) is 58.0 Å². The number of hydrogen-bond acceptors (Lipinski definition) is 8. The Labute approximate surface area is 215 Å². The molecule has 1 atom stereocenters. The molecule has 2 aromatic carbocycles. The number of likely N-dealkylation sites (N-methyl/N-ethyl adjacent to an activating group) is 1. The fourth-order valence-electron chi connectivity index (χ4n) is 4.32. The Bertz CT molecular complexity index is 1330. The first-order valence-corrected chi connectivity index (χ1v) is 12.1. The molecule has 0 aliphatic carbocycles. The molecule has 4 rings (SSSR count). The first-order valence-electron chi connectivity index (χ1n) is 12.1. The number of aromatic nitrogens is 4. The summed E-state index contributed by atoms with van der Waals surface area (Å²) in [5, 5.41) is 18.1. The van der Waals surface area contributed by atoms with Crippen molar-refractivity contribution in [2.24, 2.45) is 0 Å². The van der Waals surface area contributed by atoms with Gasteiger partial charge >= 0.3 is 0 Å². The van der Waals surface area contributed by atoms with Gasteiger partial charge in [-0.2, -0.15) is 4.68 Å². The van der Waals surface area contributed by atoms with Gasteiger partial charge < -0.3 is 25.0 Å². The SMILES string of the molecule is CCN(CC)C(=O)COc1ccc(C2C(C(=O)Nc3cccc(C)c3)=C(C)Nc3nnnn32)cc1OC. The van der Waals surface area contributed by atoms with Crippen LogP contribution in [0.1, 0.15) is 37.9 Å². The van der Waals surface area contributed by atoms with Crippen LogP contribution in [-0.4, -0.2) is 63.7 Å². The molecule has 0 radical (unpaired) electrons. The Balaban J connectivity index is 1.66. The van der Waals surface area contributed by atoms with E-state index in [0.717, 1.165) is 5.56 Å². The summed E-state index contributed by atoms with van der Waals surface area (Å²) in [7, 11) is 1.52. The molecule has 1 aromatic heterocycles. The highest BCUT2D eigenvalue weighted by atomic mass is 16.5. The lowest BCUT2D eigenvalue weighted by Gasteiger charge is -2.28. The Morgan fingerprint density at radius 2 is 1.89 bits per heavy atom. The number of aryl methyl sites for hydroxylation is 1. The molecule has 194 valence electrons. The Kier molecular flexibility index (Phi) is 7.71. The fourth-order valence-corrected chi connectivity index (χ4v) is 4.32. The smallest absolute Gasteiger partial charge is 0.260 e. The van der Waals surface area contributed by atoms with Crippen LogP contribution in [-0.2, 0) is 9.59 Å². The zero-order valence-electron chi connectivity index (χ0n) is 21.6. The lowest BCUT2D eigenvalue weighted by atomic mass is 9.94. The molecule has 2 N–H and O–H groups in total. The van der Waals surface area contributed by atoms with Crippen molar-refractivity contribution in [3.63, 3.8) is 0 Å². The number of benzene rings is 2. The van der Waals surface area contributed by atoms with Crippen LogP contribution in [0.5, 0.6) is 11.5 Å². The number of anilines is 2. The van der Waals surface area contributed by atoms with Crippen molar-refractivity contribution in [1.82, 2.24) is 25.1 Å². The van der Waals surface area contributed by atoms with Crippen molar-refractivity contribution in [2.75, 3.05) is 37.4 Å². The van der Waals surface area contributed by atoms with Gasteiger partial charge in [-0.15, -0.1) is 0 Å². The third-order valence-electron chi connectivity index (χ3n) is 6.21. The summed E-state index contributed by atoms with van der Waals surface area (Å²) in [4.78, 5) is 27.6. The molecular weight excluding hydrogens is 474 g/mol. The summed E-state index contributed by atoms with van der Waals surface area (Å²) in [6.07, 6.45) is 0. The first-order chi connectivity index (χ1) is 17.9. The van der Waals surface area contributed by atoms with Gasteiger partial charge in [-0.25, -0.2) is 0 Å². The van der Waals surface area contributed by atoms with Gasteiger partial charge in [0.05, 0.1) is 12.7 Å². The van der Waals surface area contributed by atoms with Crippen LogP contribution in [0.4, 0.5) is 11.6 Å². The molecule has 0 spiro atoms. The van der Waals surface area contributed by atoms with Gasteiger partial charge in [0.1, 0.15) is 6.04 Å². The predicted octanol–water partition coefficient (Wildman–Crippen LogP) is 3.16. The Morgan fingerprint density at radius 3 is 2.59 bits per heavy atom. The van der Waals surface area contributed by atoms with Crippen LogP contribution in [0, 0.1) is 6.92 Å². The van der Waals surface area contributed by atoms with Crippen molar-refractivity contribution in [1.29, 1.82) is 0 Å². The summed E-state index contributed by atoms with van der Waals surface area (Å²) in [6.45, 7) is 8.73. The minimum atomic E-state index is -0.628. The number of nitrogens with zero attached hydrogens (tertiary/aromatic N) is 5. The molecule has 37 heavy (non-hydrogen) atoms. The molecule has 1 aliphatic rings. The normalized spacial score (nSPS) is 14.5. The van der Waals surface area contributed by atoms with Gasteiger partial charge in [0, 0.05) is 24.5 Å². The standard InChI is InChI=1S/C26H31N7O4/c1-6-32(7-2)22(34)15-37-20-12-11-18(14-21(20)36-5)24-23(17(4)27-26-29-30-31-33(24)26)25(35)28-19-10-8-9-16(3)13-19/h8-14,24H,6-7,15H2,1-5H3,(H,28,35)(H,27,29,31). The summed E-state index contributed by atoms with van der Waals surface area (Å²) in [6, 6.07) is 12.3. The highest BCUT2D eigenvalue weighted by Crippen LogP contribution is 2.38. The highest BCUT2D eigenvalue weighted by molar-refractivity contribution is 6.06. The number of nitrogens with one attached hydrogen (secondary N) is 2. The molecule has 0 saturated heterocycles. The molecule has 2 amide bonds. The van der Waals surface area contributed by atoms with Crippen molar-refractivity contribution in [3.8, 4) is 11.5 Å². The number of carbonyl (C=O) groups excluding carboxylic acids is 2. The van der Waals surface area contributed by atoms with Gasteiger partial charge in [-0.3, -0.25) is 9.59 Å². The van der Waals surface area contributed by atoms with E-state index >= 15 is 0 Å². The molecule has 1 aliphatic heterocycles. The van der Waals surface area contributed by atoms with Crippen LogP contribution in [0.25, 0.3) is 0 Å². The number of rotatable bonds is 9. The second kappa shape index (κ2) is 11.1. The lowest BCUT2D eigenvalue weighted by Crippen LogP contribution is -2.34. The number of carbonyl (C=O) groups is 2. The van der Waals surface area contributed by atoms with E-state index in [4.69, 9.17) is 9.47 Å². The lowest BCUT2D eigenvalue weighted by molar-refractivity contribution is -0.133. The number of methoxy groups -OCH3 is 1. The number of fused-ring (bicyclic) bond motifs is 1. The van der Waals surface area contributed by atoms with E-state index < -0.39 is 6.04 Å². The fraction of sp³-hybridized carbons (Fsp3) is 0.346. The van der Waals surface area contributed by atoms with Crippen LogP contribution in [0.3, 0.4) is 0 Å². The molecule has 3 aromatic rings. The Morgan fingerprint density at radius 1 is 1.11 bits per heavy atom. The second-order valence-corrected chi connectivity index (χ2v) is 8.60. The minimum Gasteiger partial charge on any atom is -0.493 e. The van der Waals surface area contributed by atoms with Gasteiger partial charge in [0.25, 0.3) is 11.8 Å². The minimum absolute atomic E-state index is 0.106. The van der Waals surface area contributed by atoms with E-state index in [1.165, 1.54) is 7.11 Å². The maximum atomic E-state index is 13.5. The summed E-state index contributed by atoms with van der Waals surface area (Å²) in [5.74, 6) is 0.865. The van der Waals surface area contributed by atoms with Crippen molar-refractivity contribution < 1.29 is 19.1 Å². The van der Waals surface area contributed by atoms with Crippen LogP contribution < -0.4 is 20.1 Å². The molecular formula is C26H31N7O4. The average Bonchev–Trinajstić information content (AvgIpc) is 3.35. The summed E-state index contributed by atoms with van der Waals surface area (Å²) >= 11 is 0.